The number of hydrogen-bond donors (Lipinski definition) is 1. The van der Waals surface area contributed by atoms with Crippen LogP contribution in [0.15, 0.2) is 24.3 Å². The predicted octanol–water partition coefficient (Wildman–Crippen LogP) is 1.14. The number of benzene rings is 1. The van der Waals surface area contributed by atoms with Crippen LogP contribution in [0.4, 0.5) is 5.69 Å². The summed E-state index contributed by atoms with van der Waals surface area (Å²) in [4.78, 5) is 0. The number of piperidine rings is 1. The van der Waals surface area contributed by atoms with Gasteiger partial charge in [0.2, 0.25) is 0 Å². The molecule has 0 spiro atoms. The fraction of sp³-hybridized carbons (Fsp3) is 0.533. The van der Waals surface area contributed by atoms with E-state index in [1.807, 2.05) is 24.1 Å². The molecular weight excluding hydrogens is 373 g/mol. The monoisotopic (exact) mass is 398 g/mol. The van der Waals surface area contributed by atoms with Crippen LogP contribution < -0.4 is 74.6 Å². The molecule has 19 heavy (non-hydrogen) atoms. The third-order valence-electron chi connectivity index (χ3n) is 3.41. The molecule has 1 heterocycles. The second-order valence-corrected chi connectivity index (χ2v) is 6.38. The van der Waals surface area contributed by atoms with Gasteiger partial charge in [0.05, 0.1) is 0 Å². The zero-order valence-electron chi connectivity index (χ0n) is 12.8. The topological polar surface area (TPSA) is 29.3 Å². The van der Waals surface area contributed by atoms with Crippen LogP contribution >= 0.6 is 11.9 Å². The van der Waals surface area contributed by atoms with Gasteiger partial charge in [-0.1, -0.05) is 30.5 Å². The molecule has 4 heteroatoms. The van der Waals surface area contributed by atoms with E-state index in [1.165, 1.54) is 31.4 Å². The van der Waals surface area contributed by atoms with Crippen LogP contribution in [0.3, 0.4) is 0 Å². The smallest absolute Gasteiger partial charge is 0.399 e. The minimum absolute atomic E-state index is 0. The molecule has 1 aromatic carbocycles. The predicted molar refractivity (Wildman–Crippen MR) is 83.2 cm³/mol. The van der Waals surface area contributed by atoms with Crippen molar-refractivity contribution in [2.24, 2.45) is 0 Å². The van der Waals surface area contributed by atoms with Crippen LogP contribution in [0.1, 0.15) is 38.7 Å². The first kappa shape index (κ1) is 20.4. The Morgan fingerprint density at radius 3 is 2.68 bits per heavy atom. The quantitative estimate of drug-likeness (QED) is 0.471. The first-order valence-corrected chi connectivity index (χ1v) is 7.27. The van der Waals surface area contributed by atoms with E-state index < -0.39 is 0 Å². The van der Waals surface area contributed by atoms with Gasteiger partial charge >= 0.3 is 68.9 Å². The van der Waals surface area contributed by atoms with Crippen molar-refractivity contribution in [2.75, 3.05) is 12.3 Å². The molecular formula is C15H25CsN2S. The van der Waals surface area contributed by atoms with E-state index >= 15 is 0 Å². The standard InChI is InChI=1S/C14H22N2S.CH3.Cs/c1-14(2)8-3-4-9-16(14)17-11-12-6-5-7-13(15)10-12;;/h5-7,10H,3-4,8-9,11,15H2,1-2H3;1H3;/q;-1;+1. The molecule has 0 unspecified atom stereocenters. The van der Waals surface area contributed by atoms with E-state index in [0.717, 1.165) is 11.4 Å². The fourth-order valence-corrected chi connectivity index (χ4v) is 3.50. The third-order valence-corrected chi connectivity index (χ3v) is 4.86. The Hall–Kier alpha value is 1.38. The van der Waals surface area contributed by atoms with E-state index in [4.69, 9.17) is 5.73 Å². The Balaban J connectivity index is 0.00000162. The molecule has 1 aliphatic heterocycles. The number of nitrogens with zero attached hydrogens (tertiary/aromatic N) is 1. The van der Waals surface area contributed by atoms with Gasteiger partial charge in [-0.2, -0.15) is 0 Å². The van der Waals surface area contributed by atoms with Gasteiger partial charge in [0.15, 0.2) is 0 Å². The molecule has 2 nitrogen and oxygen atoms in total. The average molecular weight is 398 g/mol. The van der Waals surface area contributed by atoms with Gasteiger partial charge in [-0.25, -0.2) is 4.31 Å². The number of nitrogens with two attached hydrogens (primary N) is 1. The summed E-state index contributed by atoms with van der Waals surface area (Å²) in [7, 11) is 0. The Morgan fingerprint density at radius 2 is 2.05 bits per heavy atom. The first-order chi connectivity index (χ1) is 8.08. The average Bonchev–Trinajstić information content (AvgIpc) is 2.27. The molecule has 0 atom stereocenters. The fourth-order valence-electron chi connectivity index (χ4n) is 2.32. The molecule has 0 amide bonds. The van der Waals surface area contributed by atoms with Gasteiger partial charge in [-0.3, -0.25) is 0 Å². The maximum Gasteiger partial charge on any atom is 1.00 e. The number of rotatable bonds is 3. The number of anilines is 1. The van der Waals surface area contributed by atoms with Crippen LogP contribution in [-0.2, 0) is 5.75 Å². The van der Waals surface area contributed by atoms with Gasteiger partial charge in [0, 0.05) is 23.5 Å². The molecule has 2 N–H and O–H groups in total. The summed E-state index contributed by atoms with van der Waals surface area (Å²) < 4.78 is 2.54. The van der Waals surface area contributed by atoms with Crippen molar-refractivity contribution >= 4 is 17.6 Å². The van der Waals surface area contributed by atoms with E-state index in [0.29, 0.717) is 5.54 Å². The Kier molecular flexibility index (Phi) is 10.1. The van der Waals surface area contributed by atoms with E-state index in [9.17, 15) is 0 Å². The largest absolute Gasteiger partial charge is 1.00 e. The molecule has 2 rings (SSSR count). The summed E-state index contributed by atoms with van der Waals surface area (Å²) in [6.45, 7) is 5.90. The molecule has 0 saturated carbocycles. The SMILES string of the molecule is CC1(C)CCCCN1SCc1cccc(N)c1.[CH3-].[Cs+]. The van der Waals surface area contributed by atoms with Crippen molar-refractivity contribution in [1.82, 2.24) is 4.31 Å². The van der Waals surface area contributed by atoms with Crippen LogP contribution in [0, 0.1) is 7.43 Å². The Bertz CT molecular complexity index is 382. The summed E-state index contributed by atoms with van der Waals surface area (Å²) in [6, 6.07) is 8.20. The van der Waals surface area contributed by atoms with Crippen molar-refractivity contribution in [3.63, 3.8) is 0 Å². The van der Waals surface area contributed by atoms with Crippen molar-refractivity contribution < 1.29 is 68.9 Å². The maximum absolute atomic E-state index is 5.80. The Labute approximate surface area is 181 Å². The van der Waals surface area contributed by atoms with Gasteiger partial charge in [0.25, 0.3) is 0 Å². The zero-order valence-corrected chi connectivity index (χ0v) is 19.9. The molecule has 0 aromatic heterocycles. The van der Waals surface area contributed by atoms with Crippen LogP contribution in [-0.4, -0.2) is 16.4 Å². The molecule has 0 radical (unpaired) electrons. The second kappa shape index (κ2) is 9.41. The molecule has 1 aliphatic rings. The van der Waals surface area contributed by atoms with Gasteiger partial charge in [-0.15, -0.1) is 0 Å². The molecule has 0 aliphatic carbocycles. The number of hydrogen-bond acceptors (Lipinski definition) is 3. The summed E-state index contributed by atoms with van der Waals surface area (Å²) in [6.07, 6.45) is 3.99. The van der Waals surface area contributed by atoms with Crippen LogP contribution in [0.5, 0.6) is 0 Å². The van der Waals surface area contributed by atoms with E-state index in [2.05, 4.69) is 30.3 Å². The zero-order chi connectivity index (χ0) is 12.3. The summed E-state index contributed by atoms with van der Waals surface area (Å²) in [5.74, 6) is 1.02. The summed E-state index contributed by atoms with van der Waals surface area (Å²) >= 11 is 1.94. The molecule has 1 fully saturated rings. The molecule has 0 bridgehead atoms. The van der Waals surface area contributed by atoms with Crippen molar-refractivity contribution in [1.29, 1.82) is 0 Å². The molecule has 1 aromatic rings. The van der Waals surface area contributed by atoms with Crippen molar-refractivity contribution in [3.8, 4) is 0 Å². The number of nitrogen functional groups attached to an aromatic ring is 1. The third kappa shape index (κ3) is 6.34. The summed E-state index contributed by atoms with van der Waals surface area (Å²) in [5, 5.41) is 0. The van der Waals surface area contributed by atoms with Crippen LogP contribution in [0.25, 0.3) is 0 Å². The molecule has 102 valence electrons. The maximum atomic E-state index is 5.80. The van der Waals surface area contributed by atoms with Gasteiger partial charge in [0.1, 0.15) is 0 Å². The minimum atomic E-state index is 0. The molecule has 1 saturated heterocycles. The normalized spacial score (nSPS) is 18.2. The van der Waals surface area contributed by atoms with Crippen molar-refractivity contribution in [3.05, 3.63) is 37.3 Å². The van der Waals surface area contributed by atoms with Crippen LogP contribution in [0.2, 0.25) is 0 Å². The van der Waals surface area contributed by atoms with E-state index in [-0.39, 0.29) is 76.3 Å². The van der Waals surface area contributed by atoms with E-state index in [1.54, 1.807) is 0 Å². The van der Waals surface area contributed by atoms with Gasteiger partial charge in [-0.05, 0) is 44.4 Å². The minimum Gasteiger partial charge on any atom is -0.399 e. The first-order valence-electron chi connectivity index (χ1n) is 6.33. The summed E-state index contributed by atoms with van der Waals surface area (Å²) in [5.41, 5.74) is 8.31. The second-order valence-electron chi connectivity index (χ2n) is 5.39. The Morgan fingerprint density at radius 1 is 1.32 bits per heavy atom. The van der Waals surface area contributed by atoms with Crippen molar-refractivity contribution in [2.45, 2.75) is 44.4 Å². The van der Waals surface area contributed by atoms with Gasteiger partial charge < -0.3 is 13.2 Å².